The number of halogens is 1. The summed E-state index contributed by atoms with van der Waals surface area (Å²) in [6, 6.07) is 3.75. The van der Waals surface area contributed by atoms with Crippen LogP contribution in [-0.2, 0) is 6.54 Å². The zero-order valence-electron chi connectivity index (χ0n) is 6.66. The maximum Gasteiger partial charge on any atom is 0.124 e. The van der Waals surface area contributed by atoms with Gasteiger partial charge >= 0.3 is 0 Å². The van der Waals surface area contributed by atoms with Crippen molar-refractivity contribution in [2.45, 2.75) is 6.54 Å². The lowest BCUT2D eigenvalue weighted by Crippen LogP contribution is -1.98. The van der Waals surface area contributed by atoms with Crippen LogP contribution in [-0.4, -0.2) is 5.16 Å². The van der Waals surface area contributed by atoms with E-state index in [1.54, 1.807) is 6.26 Å². The Balaban J connectivity index is 1.97. The van der Waals surface area contributed by atoms with Crippen molar-refractivity contribution in [2.75, 3.05) is 5.32 Å². The van der Waals surface area contributed by atoms with Gasteiger partial charge in [-0.15, -0.1) is 11.3 Å². The first-order chi connectivity index (χ1) is 6.36. The van der Waals surface area contributed by atoms with E-state index in [0.717, 1.165) is 15.7 Å². The normalized spacial score (nSPS) is 10.2. The third-order valence-electron chi connectivity index (χ3n) is 1.57. The summed E-state index contributed by atoms with van der Waals surface area (Å²) in [6.07, 6.45) is 1.55. The molecule has 0 atom stereocenters. The van der Waals surface area contributed by atoms with Crippen LogP contribution in [0.5, 0.6) is 0 Å². The number of anilines is 1. The first-order valence-corrected chi connectivity index (χ1v) is 4.98. The van der Waals surface area contributed by atoms with E-state index >= 15 is 0 Å². The molecule has 0 saturated heterocycles. The van der Waals surface area contributed by atoms with E-state index in [4.69, 9.17) is 16.1 Å². The van der Waals surface area contributed by atoms with Crippen LogP contribution in [0.25, 0.3) is 0 Å². The Labute approximate surface area is 84.3 Å². The lowest BCUT2D eigenvalue weighted by Gasteiger charge is -2.00. The van der Waals surface area contributed by atoms with Crippen LogP contribution in [0, 0.1) is 0 Å². The van der Waals surface area contributed by atoms with Crippen molar-refractivity contribution in [1.82, 2.24) is 5.16 Å². The molecule has 2 aromatic rings. The van der Waals surface area contributed by atoms with Crippen molar-refractivity contribution in [1.29, 1.82) is 0 Å². The van der Waals surface area contributed by atoms with Crippen molar-refractivity contribution in [3.63, 3.8) is 0 Å². The Kier molecular flexibility index (Phi) is 2.52. The summed E-state index contributed by atoms with van der Waals surface area (Å²) in [5, 5.41) is 8.86. The topological polar surface area (TPSA) is 38.1 Å². The number of thiophene rings is 1. The Morgan fingerprint density at radius 1 is 1.54 bits per heavy atom. The number of hydrogen-bond acceptors (Lipinski definition) is 4. The lowest BCUT2D eigenvalue weighted by molar-refractivity contribution is 0.412. The minimum Gasteiger partial charge on any atom is -0.377 e. The molecule has 3 nitrogen and oxygen atoms in total. The Bertz CT molecular complexity index is 371. The first kappa shape index (κ1) is 8.59. The summed E-state index contributed by atoms with van der Waals surface area (Å²) in [5.41, 5.74) is 1.80. The molecule has 0 fully saturated rings. The Hall–Kier alpha value is -1.00. The fourth-order valence-electron chi connectivity index (χ4n) is 0.934. The fourth-order valence-corrected chi connectivity index (χ4v) is 1.81. The summed E-state index contributed by atoms with van der Waals surface area (Å²) in [4.78, 5) is 0. The van der Waals surface area contributed by atoms with Gasteiger partial charge in [-0.25, -0.2) is 0 Å². The smallest absolute Gasteiger partial charge is 0.124 e. The van der Waals surface area contributed by atoms with Crippen molar-refractivity contribution in [3.8, 4) is 0 Å². The highest BCUT2D eigenvalue weighted by atomic mass is 35.5. The number of hydrogen-bond donors (Lipinski definition) is 1. The van der Waals surface area contributed by atoms with E-state index in [-0.39, 0.29) is 0 Å². The molecule has 0 saturated carbocycles. The molecule has 0 unspecified atom stereocenters. The van der Waals surface area contributed by atoms with Crippen molar-refractivity contribution in [2.24, 2.45) is 0 Å². The summed E-state index contributed by atoms with van der Waals surface area (Å²) in [7, 11) is 0. The zero-order chi connectivity index (χ0) is 9.10. The average Bonchev–Trinajstić information content (AvgIpc) is 2.72. The van der Waals surface area contributed by atoms with Gasteiger partial charge in [-0.1, -0.05) is 16.8 Å². The van der Waals surface area contributed by atoms with Gasteiger partial charge in [0.25, 0.3) is 0 Å². The predicted molar refractivity (Wildman–Crippen MR) is 53.2 cm³/mol. The third kappa shape index (κ3) is 2.02. The third-order valence-corrected chi connectivity index (χ3v) is 2.74. The molecule has 0 spiro atoms. The average molecular weight is 215 g/mol. The quantitative estimate of drug-likeness (QED) is 0.854. The first-order valence-electron chi connectivity index (χ1n) is 3.72. The molecule has 0 radical (unpaired) electrons. The van der Waals surface area contributed by atoms with Gasteiger partial charge in [0.05, 0.1) is 12.2 Å². The minimum atomic E-state index is 0.632. The van der Waals surface area contributed by atoms with E-state index in [9.17, 15) is 0 Å². The molecule has 0 aromatic carbocycles. The molecule has 2 aromatic heterocycles. The van der Waals surface area contributed by atoms with Crippen LogP contribution in [0.15, 0.2) is 28.3 Å². The monoisotopic (exact) mass is 214 g/mol. The number of nitrogens with one attached hydrogen (secondary N) is 1. The second kappa shape index (κ2) is 3.81. The molecule has 1 N–H and O–H groups in total. The number of nitrogens with zero attached hydrogens (tertiary/aromatic N) is 1. The molecule has 2 heterocycles. The molecule has 68 valence electrons. The van der Waals surface area contributed by atoms with E-state index in [0.29, 0.717) is 6.54 Å². The van der Waals surface area contributed by atoms with Gasteiger partial charge in [0.15, 0.2) is 0 Å². The van der Waals surface area contributed by atoms with E-state index in [1.807, 2.05) is 17.5 Å². The summed E-state index contributed by atoms with van der Waals surface area (Å²) in [6.45, 7) is 0.632. The van der Waals surface area contributed by atoms with E-state index < -0.39 is 0 Å². The molecule has 2 rings (SSSR count). The molecule has 0 bridgehead atoms. The van der Waals surface area contributed by atoms with Crippen LogP contribution in [0.1, 0.15) is 5.69 Å². The fraction of sp³-hybridized carbons (Fsp3) is 0.125. The van der Waals surface area contributed by atoms with Gasteiger partial charge in [-0.05, 0) is 11.4 Å². The summed E-state index contributed by atoms with van der Waals surface area (Å²) >= 11 is 7.39. The predicted octanol–water partition coefficient (Wildman–Crippen LogP) is 3.00. The van der Waals surface area contributed by atoms with Gasteiger partial charge in [0, 0.05) is 6.07 Å². The SMILES string of the molecule is Clc1sccc1NCc1ccon1. The zero-order valence-corrected chi connectivity index (χ0v) is 8.23. The highest BCUT2D eigenvalue weighted by molar-refractivity contribution is 7.15. The lowest BCUT2D eigenvalue weighted by atomic mass is 10.4. The van der Waals surface area contributed by atoms with E-state index in [2.05, 4.69) is 10.5 Å². The second-order valence-corrected chi connectivity index (χ2v) is 3.97. The standard InChI is InChI=1S/C8H7ClN2OS/c9-8-7(2-4-13-8)10-5-6-1-3-12-11-6/h1-4,10H,5H2. The number of rotatable bonds is 3. The highest BCUT2D eigenvalue weighted by Crippen LogP contribution is 2.27. The summed E-state index contributed by atoms with van der Waals surface area (Å²) < 4.78 is 5.46. The Morgan fingerprint density at radius 3 is 3.08 bits per heavy atom. The molecule has 0 aliphatic heterocycles. The van der Waals surface area contributed by atoms with Crippen LogP contribution in [0.3, 0.4) is 0 Å². The minimum absolute atomic E-state index is 0.632. The molecule has 0 aliphatic carbocycles. The van der Waals surface area contributed by atoms with Crippen LogP contribution in [0.4, 0.5) is 5.69 Å². The van der Waals surface area contributed by atoms with Crippen LogP contribution >= 0.6 is 22.9 Å². The van der Waals surface area contributed by atoms with Gasteiger partial charge in [-0.2, -0.15) is 0 Å². The van der Waals surface area contributed by atoms with Gasteiger partial charge in [0.2, 0.25) is 0 Å². The van der Waals surface area contributed by atoms with Crippen LogP contribution in [0.2, 0.25) is 4.34 Å². The second-order valence-electron chi connectivity index (χ2n) is 2.45. The van der Waals surface area contributed by atoms with Crippen molar-refractivity contribution < 1.29 is 4.52 Å². The van der Waals surface area contributed by atoms with Crippen molar-refractivity contribution in [3.05, 3.63) is 33.8 Å². The molecular formula is C8H7ClN2OS. The maximum atomic E-state index is 5.89. The summed E-state index contributed by atoms with van der Waals surface area (Å²) in [5.74, 6) is 0. The molecule has 13 heavy (non-hydrogen) atoms. The van der Waals surface area contributed by atoms with Crippen LogP contribution < -0.4 is 5.32 Å². The maximum absolute atomic E-state index is 5.89. The molecular weight excluding hydrogens is 208 g/mol. The highest BCUT2D eigenvalue weighted by Gasteiger charge is 2.01. The molecule has 0 aliphatic rings. The van der Waals surface area contributed by atoms with Gasteiger partial charge < -0.3 is 9.84 Å². The molecule has 0 amide bonds. The van der Waals surface area contributed by atoms with Crippen molar-refractivity contribution >= 4 is 28.6 Å². The van der Waals surface area contributed by atoms with E-state index in [1.165, 1.54) is 11.3 Å². The Morgan fingerprint density at radius 2 is 2.46 bits per heavy atom. The van der Waals surface area contributed by atoms with Gasteiger partial charge in [0.1, 0.15) is 16.3 Å². The number of aromatic nitrogens is 1. The largest absolute Gasteiger partial charge is 0.377 e. The van der Waals surface area contributed by atoms with Gasteiger partial charge in [-0.3, -0.25) is 0 Å². The molecule has 5 heteroatoms.